The highest BCUT2D eigenvalue weighted by Crippen LogP contribution is 2.34. The lowest BCUT2D eigenvalue weighted by Gasteiger charge is -2.30. The summed E-state index contributed by atoms with van der Waals surface area (Å²) in [6.07, 6.45) is 2.91. The molecule has 0 aliphatic carbocycles. The van der Waals surface area contributed by atoms with Gasteiger partial charge in [0.2, 0.25) is 0 Å². The van der Waals surface area contributed by atoms with Crippen LogP contribution in [0.3, 0.4) is 0 Å². The van der Waals surface area contributed by atoms with Crippen LogP contribution in [-0.2, 0) is 0 Å². The van der Waals surface area contributed by atoms with Crippen molar-refractivity contribution >= 4 is 28.7 Å². The van der Waals surface area contributed by atoms with E-state index in [1.807, 2.05) is 12.1 Å². The first-order chi connectivity index (χ1) is 15.7. The Bertz CT molecular complexity index is 1110. The summed E-state index contributed by atoms with van der Waals surface area (Å²) in [5, 5.41) is 2.15. The molecule has 3 aromatic rings. The van der Waals surface area contributed by atoms with Gasteiger partial charge >= 0.3 is 0 Å². The average Bonchev–Trinajstić information content (AvgIpc) is 3.44. The van der Waals surface area contributed by atoms with E-state index >= 15 is 0 Å². The van der Waals surface area contributed by atoms with E-state index in [0.717, 1.165) is 38.9 Å². The number of nitrogens with zero attached hydrogens (tertiary/aromatic N) is 2. The van der Waals surface area contributed by atoms with Gasteiger partial charge in [0.1, 0.15) is 0 Å². The highest BCUT2D eigenvalue weighted by molar-refractivity contribution is 7.11. The molecule has 2 amide bonds. The molecule has 1 saturated heterocycles. The standard InChI is InChI=1S/C27H26N2O2S/c30-26-22-10-4-5-11-23(22)27(31)29(26)16-7-15-28-17-13-21(14-18-28)25(24-12-6-19-32-24)20-8-2-1-3-9-20/h1-6,8-12,19H,7,13-18H2. The van der Waals surface area contributed by atoms with E-state index in [1.54, 1.807) is 23.5 Å². The molecule has 2 aliphatic rings. The Kier molecular flexibility index (Phi) is 6.02. The van der Waals surface area contributed by atoms with Crippen molar-refractivity contribution in [2.24, 2.45) is 0 Å². The summed E-state index contributed by atoms with van der Waals surface area (Å²) in [6, 6.07) is 22.1. The fraction of sp³-hybridized carbons (Fsp3) is 0.259. The molecule has 0 radical (unpaired) electrons. The smallest absolute Gasteiger partial charge is 0.261 e. The van der Waals surface area contributed by atoms with Gasteiger partial charge in [-0.3, -0.25) is 14.5 Å². The van der Waals surface area contributed by atoms with Crippen LogP contribution < -0.4 is 0 Å². The summed E-state index contributed by atoms with van der Waals surface area (Å²) in [5.41, 5.74) is 5.28. The van der Waals surface area contributed by atoms with E-state index in [0.29, 0.717) is 17.7 Å². The number of thiophene rings is 1. The normalized spacial score (nSPS) is 16.5. The van der Waals surface area contributed by atoms with Crippen molar-refractivity contribution in [3.63, 3.8) is 0 Å². The Hall–Kier alpha value is -3.02. The number of piperidine rings is 1. The van der Waals surface area contributed by atoms with E-state index in [9.17, 15) is 9.59 Å². The van der Waals surface area contributed by atoms with E-state index in [1.165, 1.54) is 26.5 Å². The lowest BCUT2D eigenvalue weighted by Crippen LogP contribution is -2.36. The van der Waals surface area contributed by atoms with Crippen LogP contribution in [0.5, 0.6) is 0 Å². The molecule has 0 unspecified atom stereocenters. The van der Waals surface area contributed by atoms with Crippen molar-refractivity contribution < 1.29 is 9.59 Å². The first-order valence-electron chi connectivity index (χ1n) is 11.2. The monoisotopic (exact) mass is 442 g/mol. The van der Waals surface area contributed by atoms with Gasteiger partial charge in [0.25, 0.3) is 11.8 Å². The summed E-state index contributed by atoms with van der Waals surface area (Å²) >= 11 is 1.80. The Morgan fingerprint density at radius 1 is 0.781 bits per heavy atom. The highest BCUT2D eigenvalue weighted by Gasteiger charge is 2.34. The van der Waals surface area contributed by atoms with Crippen LogP contribution in [0.15, 0.2) is 77.7 Å². The van der Waals surface area contributed by atoms with Crippen LogP contribution in [0.25, 0.3) is 5.57 Å². The lowest BCUT2D eigenvalue weighted by molar-refractivity contribution is 0.0647. The average molecular weight is 443 g/mol. The topological polar surface area (TPSA) is 40.6 Å². The molecule has 1 aromatic heterocycles. The Labute approximate surface area is 192 Å². The lowest BCUT2D eigenvalue weighted by atomic mass is 9.92. The maximum Gasteiger partial charge on any atom is 0.261 e. The Morgan fingerprint density at radius 3 is 2.06 bits per heavy atom. The summed E-state index contributed by atoms with van der Waals surface area (Å²) < 4.78 is 0. The molecule has 2 aliphatic heterocycles. The zero-order valence-corrected chi connectivity index (χ0v) is 18.8. The fourth-order valence-corrected chi connectivity index (χ4v) is 5.58. The van der Waals surface area contributed by atoms with Crippen LogP contribution in [0, 0.1) is 0 Å². The summed E-state index contributed by atoms with van der Waals surface area (Å²) in [5.74, 6) is -0.309. The van der Waals surface area contributed by atoms with Crippen molar-refractivity contribution in [3.8, 4) is 0 Å². The number of hydrogen-bond donors (Lipinski definition) is 0. The molecule has 0 atom stereocenters. The third-order valence-corrected chi connectivity index (χ3v) is 7.26. The number of hydrogen-bond acceptors (Lipinski definition) is 4. The molecule has 162 valence electrons. The molecule has 0 bridgehead atoms. The molecule has 32 heavy (non-hydrogen) atoms. The minimum atomic E-state index is -0.155. The van der Waals surface area contributed by atoms with E-state index in [-0.39, 0.29) is 11.8 Å². The van der Waals surface area contributed by atoms with Crippen molar-refractivity contribution in [1.29, 1.82) is 0 Å². The van der Waals surface area contributed by atoms with Gasteiger partial charge in [-0.15, -0.1) is 11.3 Å². The van der Waals surface area contributed by atoms with E-state index < -0.39 is 0 Å². The number of fused-ring (bicyclic) bond motifs is 1. The van der Waals surface area contributed by atoms with Crippen LogP contribution in [0.2, 0.25) is 0 Å². The molecule has 5 rings (SSSR count). The Balaban J connectivity index is 1.20. The molecular weight excluding hydrogens is 416 g/mol. The van der Waals surface area contributed by atoms with Crippen LogP contribution in [0.4, 0.5) is 0 Å². The number of imide groups is 1. The predicted octanol–water partition coefficient (Wildman–Crippen LogP) is 5.33. The van der Waals surface area contributed by atoms with Gasteiger partial charge in [0, 0.05) is 24.5 Å². The number of rotatable bonds is 6. The van der Waals surface area contributed by atoms with Gasteiger partial charge in [0.15, 0.2) is 0 Å². The van der Waals surface area contributed by atoms with Crippen molar-refractivity contribution in [2.75, 3.05) is 26.2 Å². The summed E-state index contributed by atoms with van der Waals surface area (Å²) in [4.78, 5) is 30.3. The largest absolute Gasteiger partial charge is 0.303 e. The molecule has 1 fully saturated rings. The summed E-state index contributed by atoms with van der Waals surface area (Å²) in [7, 11) is 0. The number of amides is 2. The molecule has 5 heteroatoms. The van der Waals surface area contributed by atoms with Gasteiger partial charge in [-0.05, 0) is 60.5 Å². The van der Waals surface area contributed by atoms with Crippen molar-refractivity contribution in [1.82, 2.24) is 9.80 Å². The fourth-order valence-electron chi connectivity index (χ4n) is 4.74. The molecule has 4 nitrogen and oxygen atoms in total. The zero-order chi connectivity index (χ0) is 21.9. The zero-order valence-electron chi connectivity index (χ0n) is 18.0. The molecule has 0 N–H and O–H groups in total. The quantitative estimate of drug-likeness (QED) is 0.485. The van der Waals surface area contributed by atoms with Gasteiger partial charge in [-0.2, -0.15) is 0 Å². The van der Waals surface area contributed by atoms with Gasteiger partial charge in [-0.1, -0.05) is 54.1 Å². The molecule has 3 heterocycles. The van der Waals surface area contributed by atoms with Crippen LogP contribution in [-0.4, -0.2) is 47.8 Å². The number of likely N-dealkylation sites (tertiary alicyclic amines) is 1. The van der Waals surface area contributed by atoms with Gasteiger partial charge < -0.3 is 4.90 Å². The molecular formula is C27H26N2O2S. The first-order valence-corrected chi connectivity index (χ1v) is 12.1. The molecule has 0 saturated carbocycles. The first kappa shape index (κ1) is 20.9. The molecule has 2 aromatic carbocycles. The maximum atomic E-state index is 12.5. The minimum Gasteiger partial charge on any atom is -0.303 e. The number of carbonyl (C=O) groups excluding carboxylic acids is 2. The predicted molar refractivity (Wildman–Crippen MR) is 129 cm³/mol. The van der Waals surface area contributed by atoms with Crippen molar-refractivity contribution in [3.05, 3.63) is 99.3 Å². The SMILES string of the molecule is O=C1c2ccccc2C(=O)N1CCCN1CCC(=C(c2ccccc2)c2cccs2)CC1. The van der Waals surface area contributed by atoms with Crippen molar-refractivity contribution in [2.45, 2.75) is 19.3 Å². The van der Waals surface area contributed by atoms with Crippen LogP contribution in [0.1, 0.15) is 50.4 Å². The second-order valence-corrected chi connectivity index (χ2v) is 9.27. The third kappa shape index (κ3) is 4.06. The second-order valence-electron chi connectivity index (χ2n) is 8.32. The third-order valence-electron chi connectivity index (χ3n) is 6.38. The van der Waals surface area contributed by atoms with Gasteiger partial charge in [-0.25, -0.2) is 0 Å². The number of benzene rings is 2. The summed E-state index contributed by atoms with van der Waals surface area (Å²) in [6.45, 7) is 3.41. The van der Waals surface area contributed by atoms with E-state index in [4.69, 9.17) is 0 Å². The maximum absolute atomic E-state index is 12.5. The highest BCUT2D eigenvalue weighted by atomic mass is 32.1. The minimum absolute atomic E-state index is 0.155. The van der Waals surface area contributed by atoms with E-state index in [2.05, 4.69) is 52.7 Å². The number of carbonyl (C=O) groups is 2. The second kappa shape index (κ2) is 9.23. The Morgan fingerprint density at radius 2 is 1.44 bits per heavy atom. The van der Waals surface area contributed by atoms with Gasteiger partial charge in [0.05, 0.1) is 11.1 Å². The molecule has 0 spiro atoms. The van der Waals surface area contributed by atoms with Crippen LogP contribution >= 0.6 is 11.3 Å².